The van der Waals surface area contributed by atoms with Crippen molar-refractivity contribution < 1.29 is 22.7 Å². The summed E-state index contributed by atoms with van der Waals surface area (Å²) in [5.74, 6) is -0.936. The lowest BCUT2D eigenvalue weighted by Gasteiger charge is -2.36. The molecule has 7 nitrogen and oxygen atoms in total. The van der Waals surface area contributed by atoms with Crippen LogP contribution in [0.5, 0.6) is 0 Å². The summed E-state index contributed by atoms with van der Waals surface area (Å²) in [7, 11) is -3.46. The Kier molecular flexibility index (Phi) is 5.38. The lowest BCUT2D eigenvalue weighted by atomic mass is 10.1. The number of carbonyl (C=O) groups is 1. The minimum atomic E-state index is -3.46. The molecule has 0 saturated carbocycles. The highest BCUT2D eigenvalue weighted by atomic mass is 32.2. The Morgan fingerprint density at radius 2 is 1.48 bits per heavy atom. The van der Waals surface area contributed by atoms with Crippen LogP contribution in [0.25, 0.3) is 0 Å². The number of aliphatic hydroxyl groups is 1. The summed E-state index contributed by atoms with van der Waals surface area (Å²) in [6.45, 7) is 1.96. The summed E-state index contributed by atoms with van der Waals surface area (Å²) >= 11 is 0. The molecule has 2 heterocycles. The normalized spacial score (nSPS) is 21.4. The Morgan fingerprint density at radius 3 is 2.04 bits per heavy atom. The second-order valence-electron chi connectivity index (χ2n) is 6.29. The Bertz CT molecular complexity index is 711. The SMILES string of the molecule is O=C(C(O)c1ccc(F)cc1)N1CCN(S(=O)(=O)N2CCCC2)CC1. The zero-order valence-electron chi connectivity index (χ0n) is 13.8. The Labute approximate surface area is 146 Å². The van der Waals surface area contributed by atoms with Crippen molar-refractivity contribution in [3.05, 3.63) is 35.6 Å². The molecule has 2 aliphatic heterocycles. The summed E-state index contributed by atoms with van der Waals surface area (Å²) in [5, 5.41) is 10.2. The number of carbonyl (C=O) groups excluding carboxylic acids is 1. The highest BCUT2D eigenvalue weighted by Gasteiger charge is 2.35. The van der Waals surface area contributed by atoms with Crippen molar-refractivity contribution in [2.45, 2.75) is 18.9 Å². The van der Waals surface area contributed by atoms with E-state index < -0.39 is 28.0 Å². The van der Waals surface area contributed by atoms with Crippen molar-refractivity contribution in [1.29, 1.82) is 0 Å². The molecule has 0 radical (unpaired) electrons. The molecular weight excluding hydrogens is 349 g/mol. The van der Waals surface area contributed by atoms with E-state index >= 15 is 0 Å². The monoisotopic (exact) mass is 371 g/mol. The number of hydrogen-bond donors (Lipinski definition) is 1. The van der Waals surface area contributed by atoms with Crippen LogP contribution in [-0.2, 0) is 15.0 Å². The average molecular weight is 371 g/mol. The summed E-state index contributed by atoms with van der Waals surface area (Å²) in [6, 6.07) is 5.11. The summed E-state index contributed by atoms with van der Waals surface area (Å²) in [6.07, 6.45) is 0.380. The van der Waals surface area contributed by atoms with Gasteiger partial charge in [0.15, 0.2) is 6.10 Å². The molecule has 1 aromatic carbocycles. The number of hydrogen-bond acceptors (Lipinski definition) is 4. The molecule has 0 aromatic heterocycles. The maximum Gasteiger partial charge on any atom is 0.282 e. The molecule has 0 bridgehead atoms. The van der Waals surface area contributed by atoms with Crippen LogP contribution in [0.4, 0.5) is 4.39 Å². The van der Waals surface area contributed by atoms with E-state index in [0.29, 0.717) is 18.7 Å². The van der Waals surface area contributed by atoms with Gasteiger partial charge in [-0.2, -0.15) is 17.0 Å². The van der Waals surface area contributed by atoms with E-state index in [2.05, 4.69) is 0 Å². The highest BCUT2D eigenvalue weighted by molar-refractivity contribution is 7.86. The van der Waals surface area contributed by atoms with Crippen LogP contribution in [0.3, 0.4) is 0 Å². The molecule has 1 unspecified atom stereocenters. The predicted octanol–water partition coefficient (Wildman–Crippen LogP) is 0.344. The molecule has 2 aliphatic rings. The van der Waals surface area contributed by atoms with Gasteiger partial charge >= 0.3 is 0 Å². The van der Waals surface area contributed by atoms with Gasteiger partial charge in [0.2, 0.25) is 0 Å². The standard InChI is InChI=1S/C16H22FN3O4S/c17-14-5-3-13(4-6-14)15(21)16(22)18-9-11-20(12-10-18)25(23,24)19-7-1-2-8-19/h3-6,15,21H,1-2,7-12H2. The van der Waals surface area contributed by atoms with E-state index in [1.807, 2.05) is 0 Å². The van der Waals surface area contributed by atoms with Crippen molar-refractivity contribution in [3.63, 3.8) is 0 Å². The first-order valence-corrected chi connectivity index (χ1v) is 9.77. The maximum absolute atomic E-state index is 12.9. The first-order valence-electron chi connectivity index (χ1n) is 8.37. The molecule has 9 heteroatoms. The molecule has 3 rings (SSSR count). The Hall–Kier alpha value is -1.55. The molecule has 1 atom stereocenters. The van der Waals surface area contributed by atoms with Gasteiger partial charge in [-0.05, 0) is 30.5 Å². The Morgan fingerprint density at radius 1 is 0.960 bits per heavy atom. The van der Waals surface area contributed by atoms with E-state index in [9.17, 15) is 22.7 Å². The smallest absolute Gasteiger partial charge is 0.282 e. The molecule has 0 spiro atoms. The van der Waals surface area contributed by atoms with Gasteiger partial charge in [-0.3, -0.25) is 4.79 Å². The molecule has 1 N–H and O–H groups in total. The fourth-order valence-electron chi connectivity index (χ4n) is 3.18. The lowest BCUT2D eigenvalue weighted by Crippen LogP contribution is -2.54. The zero-order chi connectivity index (χ0) is 18.0. The average Bonchev–Trinajstić information content (AvgIpc) is 3.17. The van der Waals surface area contributed by atoms with Crippen molar-refractivity contribution in [1.82, 2.24) is 13.5 Å². The van der Waals surface area contributed by atoms with E-state index in [1.165, 1.54) is 37.8 Å². The third-order valence-electron chi connectivity index (χ3n) is 4.69. The number of piperazine rings is 1. The van der Waals surface area contributed by atoms with Crippen LogP contribution in [-0.4, -0.2) is 72.2 Å². The van der Waals surface area contributed by atoms with Crippen LogP contribution >= 0.6 is 0 Å². The van der Waals surface area contributed by atoms with Crippen molar-refractivity contribution in [2.75, 3.05) is 39.3 Å². The summed E-state index contributed by atoms with van der Waals surface area (Å²) in [5.41, 5.74) is 0.318. The maximum atomic E-state index is 12.9. The van der Waals surface area contributed by atoms with Gasteiger partial charge in [0.25, 0.3) is 16.1 Å². The summed E-state index contributed by atoms with van der Waals surface area (Å²) in [4.78, 5) is 13.8. The lowest BCUT2D eigenvalue weighted by molar-refractivity contribution is -0.141. The van der Waals surface area contributed by atoms with Gasteiger partial charge in [-0.1, -0.05) is 12.1 Å². The second kappa shape index (κ2) is 7.36. The minimum absolute atomic E-state index is 0.209. The third-order valence-corrected chi connectivity index (χ3v) is 6.72. The Balaban J connectivity index is 1.59. The van der Waals surface area contributed by atoms with Gasteiger partial charge < -0.3 is 10.0 Å². The van der Waals surface area contributed by atoms with Crippen molar-refractivity contribution in [2.24, 2.45) is 0 Å². The zero-order valence-corrected chi connectivity index (χ0v) is 14.7. The number of aliphatic hydroxyl groups excluding tert-OH is 1. The van der Waals surface area contributed by atoms with Crippen molar-refractivity contribution >= 4 is 16.1 Å². The first kappa shape index (κ1) is 18.2. The molecule has 2 saturated heterocycles. The van der Waals surface area contributed by atoms with Crippen LogP contribution in [0.15, 0.2) is 24.3 Å². The van der Waals surface area contributed by atoms with Gasteiger partial charge in [-0.25, -0.2) is 4.39 Å². The van der Waals surface area contributed by atoms with E-state index in [-0.39, 0.29) is 26.2 Å². The molecule has 2 fully saturated rings. The number of halogens is 1. The van der Waals surface area contributed by atoms with Gasteiger partial charge in [0.1, 0.15) is 5.82 Å². The fraction of sp³-hybridized carbons (Fsp3) is 0.562. The topological polar surface area (TPSA) is 81.2 Å². The second-order valence-corrected chi connectivity index (χ2v) is 8.22. The van der Waals surface area contributed by atoms with Crippen LogP contribution in [0.1, 0.15) is 24.5 Å². The van der Waals surface area contributed by atoms with Gasteiger partial charge in [0.05, 0.1) is 0 Å². The summed E-state index contributed by atoms with van der Waals surface area (Å²) < 4.78 is 40.9. The largest absolute Gasteiger partial charge is 0.378 e. The molecule has 1 amide bonds. The van der Waals surface area contributed by atoms with Crippen LogP contribution in [0, 0.1) is 5.82 Å². The number of nitrogens with zero attached hydrogens (tertiary/aromatic N) is 3. The van der Waals surface area contributed by atoms with Crippen molar-refractivity contribution in [3.8, 4) is 0 Å². The number of rotatable bonds is 4. The fourth-order valence-corrected chi connectivity index (χ4v) is 4.85. The predicted molar refractivity (Wildman–Crippen MR) is 89.2 cm³/mol. The van der Waals surface area contributed by atoms with Gasteiger partial charge in [0, 0.05) is 39.3 Å². The van der Waals surface area contributed by atoms with E-state index in [4.69, 9.17) is 0 Å². The first-order chi connectivity index (χ1) is 11.9. The minimum Gasteiger partial charge on any atom is -0.378 e. The number of amides is 1. The highest BCUT2D eigenvalue weighted by Crippen LogP contribution is 2.21. The van der Waals surface area contributed by atoms with E-state index in [1.54, 1.807) is 0 Å². The third kappa shape index (κ3) is 3.84. The molecule has 0 aliphatic carbocycles. The molecule has 138 valence electrons. The van der Waals surface area contributed by atoms with E-state index in [0.717, 1.165) is 12.8 Å². The number of benzene rings is 1. The molecular formula is C16H22FN3O4S. The molecule has 1 aromatic rings. The van der Waals surface area contributed by atoms with Crippen LogP contribution in [0.2, 0.25) is 0 Å². The molecule has 25 heavy (non-hydrogen) atoms. The van der Waals surface area contributed by atoms with Crippen LogP contribution < -0.4 is 0 Å². The quantitative estimate of drug-likeness (QED) is 0.828. The van der Waals surface area contributed by atoms with Gasteiger partial charge in [-0.15, -0.1) is 0 Å².